The average molecular weight is 592 g/mol. The lowest BCUT2D eigenvalue weighted by atomic mass is 10.0. The number of rotatable bonds is 33. The number of carbonyl (C=O) groups excluding carboxylic acids is 1. The number of aliphatic hydroxyl groups excluding tert-OH is 2. The van der Waals surface area contributed by atoms with E-state index in [1.165, 1.54) is 141 Å². The van der Waals surface area contributed by atoms with E-state index >= 15 is 0 Å². The van der Waals surface area contributed by atoms with Crippen molar-refractivity contribution in [2.75, 3.05) is 6.61 Å². The monoisotopic (exact) mass is 592 g/mol. The van der Waals surface area contributed by atoms with Crippen LogP contribution in [0.15, 0.2) is 24.3 Å². The molecule has 4 heteroatoms. The Bertz CT molecular complexity index is 603. The summed E-state index contributed by atoms with van der Waals surface area (Å²) in [7, 11) is 0. The van der Waals surface area contributed by atoms with Crippen LogP contribution in [-0.4, -0.2) is 34.9 Å². The Hall–Kier alpha value is -1.13. The van der Waals surface area contributed by atoms with Gasteiger partial charge in [0.1, 0.15) is 0 Å². The maximum atomic E-state index is 12.2. The highest BCUT2D eigenvalue weighted by Crippen LogP contribution is 2.15. The second kappa shape index (κ2) is 34.4. The van der Waals surface area contributed by atoms with Crippen molar-refractivity contribution in [2.24, 2.45) is 0 Å². The van der Waals surface area contributed by atoms with Crippen LogP contribution in [0.25, 0.3) is 0 Å². The van der Waals surface area contributed by atoms with E-state index < -0.39 is 12.1 Å². The molecule has 0 saturated heterocycles. The van der Waals surface area contributed by atoms with Crippen molar-refractivity contribution in [1.82, 2.24) is 5.32 Å². The first kappa shape index (κ1) is 40.9. The molecule has 248 valence electrons. The van der Waals surface area contributed by atoms with Crippen LogP contribution in [-0.2, 0) is 4.79 Å². The van der Waals surface area contributed by atoms with E-state index in [2.05, 4.69) is 31.3 Å². The molecule has 0 aromatic rings. The third-order valence-electron chi connectivity index (χ3n) is 8.43. The van der Waals surface area contributed by atoms with Crippen LogP contribution in [0, 0.1) is 0 Å². The fourth-order valence-corrected chi connectivity index (χ4v) is 5.53. The Morgan fingerprint density at radius 3 is 1.33 bits per heavy atom. The molecule has 0 fully saturated rings. The van der Waals surface area contributed by atoms with E-state index in [1.54, 1.807) is 6.08 Å². The zero-order valence-electron chi connectivity index (χ0n) is 28.3. The normalized spacial score (nSPS) is 13.3. The summed E-state index contributed by atoms with van der Waals surface area (Å²) in [5.41, 5.74) is 0. The lowest BCUT2D eigenvalue weighted by molar-refractivity contribution is -0.122. The third kappa shape index (κ3) is 30.3. The van der Waals surface area contributed by atoms with Crippen molar-refractivity contribution in [1.29, 1.82) is 0 Å². The Labute approximate surface area is 262 Å². The summed E-state index contributed by atoms with van der Waals surface area (Å²) >= 11 is 0. The quantitative estimate of drug-likeness (QED) is 0.0525. The first-order chi connectivity index (χ1) is 20.7. The molecule has 0 aliphatic carbocycles. The molecule has 0 aliphatic rings. The van der Waals surface area contributed by atoms with Gasteiger partial charge in [0, 0.05) is 6.42 Å². The van der Waals surface area contributed by atoms with Gasteiger partial charge in [0.25, 0.3) is 0 Å². The Balaban J connectivity index is 3.56. The van der Waals surface area contributed by atoms with Gasteiger partial charge in [-0.25, -0.2) is 0 Å². The van der Waals surface area contributed by atoms with E-state index in [9.17, 15) is 15.0 Å². The van der Waals surface area contributed by atoms with Crippen molar-refractivity contribution < 1.29 is 15.0 Å². The number of aliphatic hydroxyl groups is 2. The van der Waals surface area contributed by atoms with Crippen molar-refractivity contribution in [3.63, 3.8) is 0 Å². The zero-order valence-corrected chi connectivity index (χ0v) is 28.3. The summed E-state index contributed by atoms with van der Waals surface area (Å²) in [6, 6.07) is -0.632. The molecule has 3 N–H and O–H groups in total. The van der Waals surface area contributed by atoms with Gasteiger partial charge < -0.3 is 15.5 Å². The van der Waals surface area contributed by atoms with Gasteiger partial charge in [0.05, 0.1) is 18.8 Å². The number of hydrogen-bond acceptors (Lipinski definition) is 3. The van der Waals surface area contributed by atoms with Crippen molar-refractivity contribution in [3.05, 3.63) is 24.3 Å². The van der Waals surface area contributed by atoms with Gasteiger partial charge in [-0.15, -0.1) is 0 Å². The molecule has 0 radical (unpaired) electrons. The number of nitrogens with one attached hydrogen (secondary N) is 1. The molecule has 0 heterocycles. The summed E-state index contributed by atoms with van der Waals surface area (Å²) < 4.78 is 0. The van der Waals surface area contributed by atoms with Gasteiger partial charge in [0.15, 0.2) is 0 Å². The Morgan fingerprint density at radius 2 is 0.905 bits per heavy atom. The minimum absolute atomic E-state index is 0.100. The Kier molecular flexibility index (Phi) is 33.4. The molecule has 0 rings (SSSR count). The molecule has 4 nitrogen and oxygen atoms in total. The van der Waals surface area contributed by atoms with Gasteiger partial charge in [-0.05, 0) is 38.5 Å². The van der Waals surface area contributed by atoms with E-state index in [0.717, 1.165) is 32.1 Å². The van der Waals surface area contributed by atoms with E-state index in [1.807, 2.05) is 6.08 Å². The first-order valence-corrected chi connectivity index (χ1v) is 18.6. The number of allylic oxidation sites excluding steroid dienone is 3. The van der Waals surface area contributed by atoms with Crippen molar-refractivity contribution in [3.8, 4) is 0 Å². The molecule has 2 atom stereocenters. The molecule has 0 saturated carbocycles. The number of amides is 1. The van der Waals surface area contributed by atoms with Crippen LogP contribution in [0.1, 0.15) is 194 Å². The van der Waals surface area contributed by atoms with E-state index in [-0.39, 0.29) is 12.5 Å². The van der Waals surface area contributed by atoms with Gasteiger partial charge >= 0.3 is 0 Å². The SMILES string of the molecule is CCCCCC/C=C\CCCC(=O)NC(CO)C(O)/C=C/CCCCCCCCCCCCCCCCCCCCC. The predicted molar refractivity (Wildman–Crippen MR) is 184 cm³/mol. The molecule has 0 aliphatic heterocycles. The fraction of sp³-hybridized carbons (Fsp3) is 0.868. The number of unbranched alkanes of at least 4 members (excludes halogenated alkanes) is 24. The summed E-state index contributed by atoms with van der Waals surface area (Å²) in [5.74, 6) is -0.100. The highest BCUT2D eigenvalue weighted by molar-refractivity contribution is 5.76. The van der Waals surface area contributed by atoms with Crippen LogP contribution in [0.4, 0.5) is 0 Å². The summed E-state index contributed by atoms with van der Waals surface area (Å²) in [4.78, 5) is 12.2. The van der Waals surface area contributed by atoms with E-state index in [4.69, 9.17) is 0 Å². The molecule has 0 spiro atoms. The molecule has 0 aromatic heterocycles. The van der Waals surface area contributed by atoms with Crippen LogP contribution >= 0.6 is 0 Å². The third-order valence-corrected chi connectivity index (χ3v) is 8.43. The van der Waals surface area contributed by atoms with Gasteiger partial charge in [-0.3, -0.25) is 4.79 Å². The van der Waals surface area contributed by atoms with Crippen LogP contribution in [0.2, 0.25) is 0 Å². The summed E-state index contributed by atoms with van der Waals surface area (Å²) in [6.07, 6.45) is 42.8. The molecule has 2 unspecified atom stereocenters. The maximum absolute atomic E-state index is 12.2. The van der Waals surface area contributed by atoms with Crippen molar-refractivity contribution >= 4 is 5.91 Å². The fourth-order valence-electron chi connectivity index (χ4n) is 5.53. The average Bonchev–Trinajstić information content (AvgIpc) is 2.99. The smallest absolute Gasteiger partial charge is 0.220 e. The van der Waals surface area contributed by atoms with Crippen LogP contribution in [0.3, 0.4) is 0 Å². The minimum Gasteiger partial charge on any atom is -0.394 e. The Morgan fingerprint density at radius 1 is 0.548 bits per heavy atom. The van der Waals surface area contributed by atoms with Gasteiger partial charge in [0.2, 0.25) is 5.91 Å². The molecule has 1 amide bonds. The standard InChI is InChI=1S/C38H73NO3/c1-3-5-7-9-11-13-14-15-16-17-18-19-20-21-22-23-24-26-27-29-31-33-37(41)36(35-40)39-38(42)34-32-30-28-25-12-10-8-6-4-2/h25,28,31,33,36-37,40-41H,3-24,26-27,29-30,32,34-35H2,1-2H3,(H,39,42)/b28-25-,33-31+. The largest absolute Gasteiger partial charge is 0.394 e. The summed E-state index contributed by atoms with van der Waals surface area (Å²) in [6.45, 7) is 4.26. The molecular weight excluding hydrogens is 518 g/mol. The number of hydrogen-bond donors (Lipinski definition) is 3. The number of carbonyl (C=O) groups is 1. The second-order valence-corrected chi connectivity index (χ2v) is 12.6. The van der Waals surface area contributed by atoms with Crippen molar-refractivity contribution in [2.45, 2.75) is 206 Å². The highest BCUT2D eigenvalue weighted by atomic mass is 16.3. The first-order valence-electron chi connectivity index (χ1n) is 18.6. The lowest BCUT2D eigenvalue weighted by Gasteiger charge is -2.19. The minimum atomic E-state index is -0.845. The van der Waals surface area contributed by atoms with Gasteiger partial charge in [-0.1, -0.05) is 173 Å². The van der Waals surface area contributed by atoms with Crippen LogP contribution in [0.5, 0.6) is 0 Å². The molecular formula is C38H73NO3. The van der Waals surface area contributed by atoms with E-state index in [0.29, 0.717) is 6.42 Å². The summed E-state index contributed by atoms with van der Waals surface area (Å²) in [5, 5.41) is 22.8. The second-order valence-electron chi connectivity index (χ2n) is 12.6. The molecule has 0 bridgehead atoms. The topological polar surface area (TPSA) is 69.6 Å². The predicted octanol–water partition coefficient (Wildman–Crippen LogP) is 10.9. The van der Waals surface area contributed by atoms with Gasteiger partial charge in [-0.2, -0.15) is 0 Å². The zero-order chi connectivity index (χ0) is 30.8. The molecule has 0 aromatic carbocycles. The maximum Gasteiger partial charge on any atom is 0.220 e. The van der Waals surface area contributed by atoms with Crippen LogP contribution < -0.4 is 5.32 Å². The lowest BCUT2D eigenvalue weighted by Crippen LogP contribution is -2.45. The molecule has 42 heavy (non-hydrogen) atoms. The highest BCUT2D eigenvalue weighted by Gasteiger charge is 2.17.